The number of hydrogen-bond donors (Lipinski definition) is 0. The first-order valence-electron chi connectivity index (χ1n) is 19.7. The Kier molecular flexibility index (Phi) is 13.4. The average Bonchev–Trinajstić information content (AvgIpc) is 3.79. The van der Waals surface area contributed by atoms with Gasteiger partial charge in [0.1, 0.15) is 13.2 Å². The van der Waals surface area contributed by atoms with Crippen molar-refractivity contribution in [2.45, 2.75) is 137 Å². The van der Waals surface area contributed by atoms with Gasteiger partial charge in [-0.05, 0) is 86.1 Å². The molecule has 0 radical (unpaired) electrons. The van der Waals surface area contributed by atoms with Gasteiger partial charge >= 0.3 is 18.3 Å². The highest BCUT2D eigenvalue weighted by atomic mass is 16.6. The lowest BCUT2D eigenvalue weighted by atomic mass is 9.75. The molecular formula is C46H65N3O6. The van der Waals surface area contributed by atoms with Crippen molar-refractivity contribution in [2.24, 2.45) is 11.8 Å². The third kappa shape index (κ3) is 9.83. The summed E-state index contributed by atoms with van der Waals surface area (Å²) >= 11 is 0. The summed E-state index contributed by atoms with van der Waals surface area (Å²) in [6.45, 7) is 28.0. The standard InChI is InChI=1S/C22H27NO2.C14H19NO2.C10H19NO2/c1-16(2)19-22(17-12-8-6-9-13-17,18-14-10-7-11-15-18)25-20(24)23(19)21(3,4)5;1-14(2,3)15-12(10-17-13(15)16)9-11-7-5-4-6-8-11;1-7(2)8-6-13-9(12)11(8)10(3,4)5/h6-16,19H,1-5H3;4-8,12H,9-10H2,1-3H3;7-8H,6H2,1-5H3. The maximum absolute atomic E-state index is 13.0. The Labute approximate surface area is 330 Å². The molecule has 3 aromatic carbocycles. The third-order valence-electron chi connectivity index (χ3n) is 10.3. The Morgan fingerprint density at radius 3 is 1.38 bits per heavy atom. The van der Waals surface area contributed by atoms with E-state index in [-0.39, 0.29) is 58.9 Å². The first kappa shape index (κ1) is 43.2. The van der Waals surface area contributed by atoms with Crippen LogP contribution in [0.5, 0.6) is 0 Å². The van der Waals surface area contributed by atoms with E-state index in [9.17, 15) is 14.4 Å². The van der Waals surface area contributed by atoms with Gasteiger partial charge in [0.25, 0.3) is 0 Å². The van der Waals surface area contributed by atoms with Crippen molar-refractivity contribution in [3.63, 3.8) is 0 Å². The Balaban J connectivity index is 0.000000195. The van der Waals surface area contributed by atoms with Gasteiger partial charge in [-0.3, -0.25) is 14.7 Å². The van der Waals surface area contributed by atoms with Crippen molar-refractivity contribution in [1.82, 2.24) is 14.7 Å². The molecule has 9 nitrogen and oxygen atoms in total. The molecule has 0 N–H and O–H groups in total. The first-order valence-corrected chi connectivity index (χ1v) is 19.7. The molecule has 0 aromatic heterocycles. The molecule has 3 fully saturated rings. The fourth-order valence-electron chi connectivity index (χ4n) is 8.02. The molecule has 3 aromatic rings. The smallest absolute Gasteiger partial charge is 0.411 e. The second kappa shape index (κ2) is 17.1. The van der Waals surface area contributed by atoms with Crippen LogP contribution in [-0.4, -0.2) is 80.9 Å². The van der Waals surface area contributed by atoms with E-state index >= 15 is 0 Å². The summed E-state index contributed by atoms with van der Waals surface area (Å²) in [5, 5.41) is 0. The Bertz CT molecular complexity index is 1670. The van der Waals surface area contributed by atoms with Gasteiger partial charge in [0.05, 0.1) is 18.1 Å². The van der Waals surface area contributed by atoms with E-state index < -0.39 is 5.60 Å². The van der Waals surface area contributed by atoms with Crippen LogP contribution in [0.3, 0.4) is 0 Å². The number of benzene rings is 3. The van der Waals surface area contributed by atoms with E-state index in [2.05, 4.69) is 84.9 Å². The number of nitrogens with zero attached hydrogens (tertiary/aromatic N) is 3. The van der Waals surface area contributed by atoms with E-state index in [1.165, 1.54) is 5.56 Å². The lowest BCUT2D eigenvalue weighted by Gasteiger charge is -2.42. The SMILES string of the molecule is CC(C)(C)N1C(=O)OCC1Cc1ccccc1.CC(C)C1COC(=O)N1C(C)(C)C.CC(C)C1N(C(C)(C)C)C(=O)OC1(c1ccccc1)c1ccccc1. The number of amides is 3. The minimum atomic E-state index is -0.805. The Hall–Kier alpha value is -4.53. The van der Waals surface area contributed by atoms with Crippen LogP contribution in [-0.2, 0) is 26.2 Å². The van der Waals surface area contributed by atoms with Gasteiger partial charge in [0.15, 0.2) is 5.60 Å². The second-order valence-corrected chi connectivity index (χ2v) is 18.5. The normalized spacial score (nSPS) is 21.1. The molecule has 3 aliphatic heterocycles. The van der Waals surface area contributed by atoms with Gasteiger partial charge in [-0.15, -0.1) is 0 Å². The van der Waals surface area contributed by atoms with Crippen molar-refractivity contribution in [2.75, 3.05) is 13.2 Å². The number of carbonyl (C=O) groups excluding carboxylic acids is 3. The number of hydrogen-bond acceptors (Lipinski definition) is 6. The molecule has 0 bridgehead atoms. The van der Waals surface area contributed by atoms with Crippen LogP contribution in [0.15, 0.2) is 91.0 Å². The van der Waals surface area contributed by atoms with Crippen LogP contribution in [0, 0.1) is 11.8 Å². The van der Waals surface area contributed by atoms with Crippen LogP contribution >= 0.6 is 0 Å². The maximum Gasteiger partial charge on any atom is 0.411 e. The molecular weight excluding hydrogens is 691 g/mol. The maximum atomic E-state index is 13.0. The molecule has 0 saturated carbocycles. The van der Waals surface area contributed by atoms with E-state index in [0.717, 1.165) is 17.5 Å². The van der Waals surface area contributed by atoms with Gasteiger partial charge in [0.2, 0.25) is 0 Å². The van der Waals surface area contributed by atoms with Crippen molar-refractivity contribution in [1.29, 1.82) is 0 Å². The molecule has 9 heteroatoms. The quantitative estimate of drug-likeness (QED) is 0.233. The highest BCUT2D eigenvalue weighted by Gasteiger charge is 2.59. The van der Waals surface area contributed by atoms with Crippen molar-refractivity contribution in [3.8, 4) is 0 Å². The van der Waals surface area contributed by atoms with Crippen LogP contribution in [0.25, 0.3) is 0 Å². The lowest BCUT2D eigenvalue weighted by molar-refractivity contribution is 0.0478. The minimum absolute atomic E-state index is 0.0928. The van der Waals surface area contributed by atoms with E-state index in [0.29, 0.717) is 19.1 Å². The fraction of sp³-hybridized carbons (Fsp3) is 0.543. The Morgan fingerprint density at radius 2 is 0.982 bits per heavy atom. The van der Waals surface area contributed by atoms with Gasteiger partial charge in [-0.1, -0.05) is 119 Å². The van der Waals surface area contributed by atoms with Gasteiger partial charge in [0, 0.05) is 27.7 Å². The van der Waals surface area contributed by atoms with Gasteiger partial charge < -0.3 is 14.2 Å². The van der Waals surface area contributed by atoms with Crippen molar-refractivity contribution in [3.05, 3.63) is 108 Å². The fourth-order valence-corrected chi connectivity index (χ4v) is 8.02. The van der Waals surface area contributed by atoms with Crippen LogP contribution in [0.4, 0.5) is 14.4 Å². The summed E-state index contributed by atoms with van der Waals surface area (Å²) in [6.07, 6.45) is 0.229. The number of rotatable bonds is 6. The molecule has 3 saturated heterocycles. The van der Waals surface area contributed by atoms with E-state index in [4.69, 9.17) is 14.2 Å². The zero-order chi connectivity index (χ0) is 40.9. The summed E-state index contributed by atoms with van der Waals surface area (Å²) in [5.41, 5.74) is 1.82. The lowest BCUT2D eigenvalue weighted by Crippen LogP contribution is -2.54. The summed E-state index contributed by atoms with van der Waals surface area (Å²) in [7, 11) is 0. The van der Waals surface area contributed by atoms with Crippen LogP contribution in [0.2, 0.25) is 0 Å². The topological polar surface area (TPSA) is 88.6 Å². The van der Waals surface area contributed by atoms with Crippen molar-refractivity contribution < 1.29 is 28.6 Å². The largest absolute Gasteiger partial charge is 0.447 e. The Morgan fingerprint density at radius 1 is 0.564 bits per heavy atom. The first-order chi connectivity index (χ1) is 25.6. The summed E-state index contributed by atoms with van der Waals surface area (Å²) in [4.78, 5) is 41.8. The minimum Gasteiger partial charge on any atom is -0.447 e. The average molecular weight is 756 g/mol. The second-order valence-electron chi connectivity index (χ2n) is 18.5. The van der Waals surface area contributed by atoms with Crippen LogP contribution in [0.1, 0.15) is 107 Å². The molecule has 6 rings (SSSR count). The van der Waals surface area contributed by atoms with E-state index in [1.807, 2.05) is 111 Å². The molecule has 3 heterocycles. The predicted octanol–water partition coefficient (Wildman–Crippen LogP) is 10.3. The predicted molar refractivity (Wildman–Crippen MR) is 219 cm³/mol. The molecule has 3 aliphatic rings. The number of cyclic esters (lactones) is 3. The molecule has 0 aliphatic carbocycles. The molecule has 3 amide bonds. The number of ether oxygens (including phenoxy) is 3. The molecule has 300 valence electrons. The number of carbonyl (C=O) groups is 3. The summed E-state index contributed by atoms with van der Waals surface area (Å²) < 4.78 is 16.4. The van der Waals surface area contributed by atoms with Crippen LogP contribution < -0.4 is 0 Å². The molecule has 3 atom stereocenters. The molecule has 3 unspecified atom stereocenters. The van der Waals surface area contributed by atoms with E-state index in [1.54, 1.807) is 0 Å². The summed E-state index contributed by atoms with van der Waals surface area (Å²) in [6, 6.07) is 30.7. The zero-order valence-electron chi connectivity index (χ0n) is 35.5. The highest BCUT2D eigenvalue weighted by Crippen LogP contribution is 2.49. The summed E-state index contributed by atoms with van der Waals surface area (Å²) in [5.74, 6) is 0.678. The zero-order valence-corrected chi connectivity index (χ0v) is 35.5. The monoisotopic (exact) mass is 755 g/mol. The van der Waals surface area contributed by atoms with Gasteiger partial charge in [-0.25, -0.2) is 14.4 Å². The van der Waals surface area contributed by atoms with Crippen molar-refractivity contribution >= 4 is 18.3 Å². The third-order valence-corrected chi connectivity index (χ3v) is 10.3. The van der Waals surface area contributed by atoms with Gasteiger partial charge in [-0.2, -0.15) is 0 Å². The molecule has 0 spiro atoms. The highest BCUT2D eigenvalue weighted by molar-refractivity contribution is 5.75. The molecule has 55 heavy (non-hydrogen) atoms.